The summed E-state index contributed by atoms with van der Waals surface area (Å²) in [5, 5.41) is 0. The van der Waals surface area contributed by atoms with Crippen LogP contribution in [-0.4, -0.2) is 6.10 Å². The molecule has 0 heterocycles. The Bertz CT molecular complexity index is 497. The van der Waals surface area contributed by atoms with E-state index >= 15 is 0 Å². The molecular formula is C17H21Cl2OTi. The van der Waals surface area contributed by atoms with Crippen LogP contribution in [0.1, 0.15) is 39.2 Å². The first kappa shape index (κ1) is 21.0. The normalized spacial score (nSPS) is 16.5. The van der Waals surface area contributed by atoms with Crippen LogP contribution in [0.5, 0.6) is 0 Å². The van der Waals surface area contributed by atoms with Crippen LogP contribution in [-0.2, 0) is 30.8 Å². The molecule has 0 bridgehead atoms. The molecule has 4 heteroatoms. The van der Waals surface area contributed by atoms with Crippen LogP contribution in [0.15, 0.2) is 51.9 Å². The van der Waals surface area contributed by atoms with Crippen molar-refractivity contribution in [3.8, 4) is 0 Å². The fourth-order valence-electron chi connectivity index (χ4n) is 2.76. The first-order chi connectivity index (χ1) is 9.10. The number of ether oxygens (including phenoxy) is 1. The minimum atomic E-state index is -0.299. The molecule has 1 aromatic rings. The SMILES string of the molecule is CCC(OC(C)C)(C1=[C]([Ti+2])CC=C1)c1ccccc1.[Cl-].[Cl-]. The quantitative estimate of drug-likeness (QED) is 0.581. The van der Waals surface area contributed by atoms with Crippen molar-refractivity contribution in [1.82, 2.24) is 0 Å². The number of halogens is 2. The van der Waals surface area contributed by atoms with Crippen LogP contribution >= 0.6 is 0 Å². The van der Waals surface area contributed by atoms with E-state index in [1.54, 1.807) is 0 Å². The Hall–Kier alpha value is -0.0457. The Balaban J connectivity index is 0.00000200. The predicted molar refractivity (Wildman–Crippen MR) is 75.4 cm³/mol. The van der Waals surface area contributed by atoms with Gasteiger partial charge in [0.25, 0.3) is 0 Å². The molecule has 0 N–H and O–H groups in total. The standard InChI is InChI=1S/C17H21O.2ClH.Ti/c1-4-17(18-14(2)3,16-12-8-9-13-16)15-10-6-5-7-11-15;;;/h5-8,10-12,14H,4,9H2,1-3H3;2*1H;/q;;;+2/p-2. The topological polar surface area (TPSA) is 9.23 Å². The first-order valence-corrected chi connectivity index (χ1v) is 7.73. The van der Waals surface area contributed by atoms with Crippen molar-refractivity contribution in [2.75, 3.05) is 0 Å². The Morgan fingerprint density at radius 2 is 1.81 bits per heavy atom. The van der Waals surface area contributed by atoms with Crippen molar-refractivity contribution in [2.24, 2.45) is 0 Å². The molecule has 0 aromatic heterocycles. The molecule has 2 rings (SSSR count). The molecule has 21 heavy (non-hydrogen) atoms. The van der Waals surface area contributed by atoms with Crippen molar-refractivity contribution in [3.63, 3.8) is 0 Å². The van der Waals surface area contributed by atoms with Crippen LogP contribution < -0.4 is 24.8 Å². The zero-order valence-electron chi connectivity index (χ0n) is 12.7. The average Bonchev–Trinajstić information content (AvgIpc) is 2.83. The van der Waals surface area contributed by atoms with E-state index in [1.165, 1.54) is 15.0 Å². The van der Waals surface area contributed by atoms with Gasteiger partial charge in [0.1, 0.15) is 0 Å². The maximum absolute atomic E-state index is 6.42. The Kier molecular flexibility index (Phi) is 9.15. The van der Waals surface area contributed by atoms with E-state index in [-0.39, 0.29) is 36.5 Å². The second-order valence-corrected chi connectivity index (χ2v) is 6.15. The van der Waals surface area contributed by atoms with Crippen molar-refractivity contribution < 1.29 is 50.0 Å². The Morgan fingerprint density at radius 1 is 1.19 bits per heavy atom. The molecule has 0 aliphatic heterocycles. The first-order valence-electron chi connectivity index (χ1n) is 6.95. The Labute approximate surface area is 152 Å². The smallest absolute Gasteiger partial charge is 1.00 e. The Morgan fingerprint density at radius 3 is 2.24 bits per heavy atom. The van der Waals surface area contributed by atoms with Crippen LogP contribution in [0.3, 0.4) is 0 Å². The van der Waals surface area contributed by atoms with Crippen LogP contribution in [0.25, 0.3) is 0 Å². The molecule has 113 valence electrons. The molecule has 0 saturated carbocycles. The second-order valence-electron chi connectivity index (χ2n) is 5.21. The monoisotopic (exact) mass is 359 g/mol. The van der Waals surface area contributed by atoms with Crippen molar-refractivity contribution >= 4 is 0 Å². The van der Waals surface area contributed by atoms with E-state index in [2.05, 4.69) is 83.7 Å². The van der Waals surface area contributed by atoms with E-state index in [0.717, 1.165) is 12.8 Å². The maximum Gasteiger partial charge on any atom is -1.00 e. The third kappa shape index (κ3) is 4.47. The molecule has 0 fully saturated rings. The molecule has 0 spiro atoms. The van der Waals surface area contributed by atoms with Gasteiger partial charge in [-0.25, -0.2) is 0 Å². The summed E-state index contributed by atoms with van der Waals surface area (Å²) >= 11 is 2.21. The predicted octanol–water partition coefficient (Wildman–Crippen LogP) is -1.51. The van der Waals surface area contributed by atoms with E-state index < -0.39 is 0 Å². The third-order valence-corrected chi connectivity index (χ3v) is 4.28. The number of rotatable bonds is 5. The van der Waals surface area contributed by atoms with Crippen LogP contribution in [0.2, 0.25) is 0 Å². The van der Waals surface area contributed by atoms with Gasteiger partial charge in [0, 0.05) is 0 Å². The molecular weight excluding hydrogens is 339 g/mol. The van der Waals surface area contributed by atoms with Gasteiger partial charge in [-0.3, -0.25) is 0 Å². The zero-order chi connectivity index (χ0) is 13.9. The van der Waals surface area contributed by atoms with E-state index in [1.807, 2.05) is 0 Å². The van der Waals surface area contributed by atoms with Gasteiger partial charge in [0.15, 0.2) is 0 Å². The minimum Gasteiger partial charge on any atom is -1.00 e. The van der Waals surface area contributed by atoms with Crippen molar-refractivity contribution in [1.29, 1.82) is 0 Å². The zero-order valence-corrected chi connectivity index (χ0v) is 15.8. The summed E-state index contributed by atoms with van der Waals surface area (Å²) < 4.78 is 7.84. The van der Waals surface area contributed by atoms with Gasteiger partial charge >= 0.3 is 128 Å². The van der Waals surface area contributed by atoms with Gasteiger partial charge in [-0.2, -0.15) is 0 Å². The fourth-order valence-corrected chi connectivity index (χ4v) is 3.39. The largest absolute Gasteiger partial charge is 1.00 e. The van der Waals surface area contributed by atoms with Crippen molar-refractivity contribution in [2.45, 2.75) is 45.3 Å². The maximum atomic E-state index is 6.42. The fraction of sp³-hybridized carbons (Fsp3) is 0.412. The molecule has 0 amide bonds. The number of benzene rings is 1. The van der Waals surface area contributed by atoms with E-state index in [9.17, 15) is 0 Å². The molecule has 0 saturated heterocycles. The molecule has 0 radical (unpaired) electrons. The van der Waals surface area contributed by atoms with Gasteiger partial charge in [-0.05, 0) is 0 Å². The molecule has 1 atom stereocenters. The van der Waals surface area contributed by atoms with E-state index in [4.69, 9.17) is 4.74 Å². The molecule has 1 nitrogen and oxygen atoms in total. The van der Waals surface area contributed by atoms with Gasteiger partial charge in [0.05, 0.1) is 0 Å². The summed E-state index contributed by atoms with van der Waals surface area (Å²) in [6, 6.07) is 10.6. The second kappa shape index (κ2) is 9.17. The van der Waals surface area contributed by atoms with Crippen molar-refractivity contribution in [3.05, 3.63) is 57.5 Å². The summed E-state index contributed by atoms with van der Waals surface area (Å²) in [5.41, 5.74) is 2.30. The molecule has 1 aliphatic carbocycles. The summed E-state index contributed by atoms with van der Waals surface area (Å²) in [4.78, 5) is 0. The van der Waals surface area contributed by atoms with Gasteiger partial charge in [0.2, 0.25) is 0 Å². The summed E-state index contributed by atoms with van der Waals surface area (Å²) in [5.74, 6) is 0. The third-order valence-electron chi connectivity index (χ3n) is 3.54. The van der Waals surface area contributed by atoms with E-state index in [0.29, 0.717) is 0 Å². The van der Waals surface area contributed by atoms with Gasteiger partial charge < -0.3 is 24.8 Å². The number of hydrogen-bond acceptors (Lipinski definition) is 1. The van der Waals surface area contributed by atoms with Gasteiger partial charge in [-0.15, -0.1) is 0 Å². The summed E-state index contributed by atoms with van der Waals surface area (Å²) in [6.07, 6.45) is 6.68. The summed E-state index contributed by atoms with van der Waals surface area (Å²) in [7, 11) is 0. The van der Waals surface area contributed by atoms with Crippen LogP contribution in [0.4, 0.5) is 0 Å². The number of hydrogen-bond donors (Lipinski definition) is 0. The molecule has 1 aromatic carbocycles. The minimum absolute atomic E-state index is 0. The molecule has 1 unspecified atom stereocenters. The van der Waals surface area contributed by atoms with Gasteiger partial charge in [-0.1, -0.05) is 0 Å². The average molecular weight is 360 g/mol. The number of allylic oxidation sites excluding steroid dienone is 2. The summed E-state index contributed by atoms with van der Waals surface area (Å²) in [6.45, 7) is 6.44. The van der Waals surface area contributed by atoms with Crippen LogP contribution in [0, 0.1) is 0 Å². The molecule has 1 aliphatic rings.